The van der Waals surface area contributed by atoms with Crippen LogP contribution in [0, 0.1) is 5.82 Å². The molecule has 2 atom stereocenters. The van der Waals surface area contributed by atoms with E-state index < -0.39 is 0 Å². The molecule has 4 rings (SSSR count). The van der Waals surface area contributed by atoms with Gasteiger partial charge in [-0.25, -0.2) is 4.39 Å². The number of halogens is 1. The van der Waals surface area contributed by atoms with Gasteiger partial charge in [0, 0.05) is 12.5 Å². The Hall–Kier alpha value is -1.67. The van der Waals surface area contributed by atoms with Crippen molar-refractivity contribution in [3.8, 4) is 0 Å². The smallest absolute Gasteiger partial charge is 0.123 e. The number of rotatable bonds is 0. The van der Waals surface area contributed by atoms with Crippen LogP contribution in [-0.2, 0) is 11.2 Å². The zero-order chi connectivity index (χ0) is 12.8. The molecule has 2 aliphatic rings. The predicted octanol–water partition coefficient (Wildman–Crippen LogP) is 3.98. The second-order valence-electron chi connectivity index (χ2n) is 5.41. The first kappa shape index (κ1) is 11.2. The second kappa shape index (κ2) is 4.17. The van der Waals surface area contributed by atoms with Crippen LogP contribution in [-0.4, -0.2) is 6.61 Å². The third-order valence-electron chi connectivity index (χ3n) is 4.34. The minimum atomic E-state index is -0.168. The van der Waals surface area contributed by atoms with Crippen LogP contribution in [0.15, 0.2) is 42.5 Å². The lowest BCUT2D eigenvalue weighted by Gasteiger charge is -2.19. The van der Waals surface area contributed by atoms with Gasteiger partial charge >= 0.3 is 0 Å². The summed E-state index contributed by atoms with van der Waals surface area (Å²) in [6, 6.07) is 13.7. The van der Waals surface area contributed by atoms with E-state index in [1.165, 1.54) is 16.7 Å². The molecule has 1 nitrogen and oxygen atoms in total. The van der Waals surface area contributed by atoms with E-state index in [0.717, 1.165) is 25.0 Å². The van der Waals surface area contributed by atoms with Crippen molar-refractivity contribution in [1.29, 1.82) is 0 Å². The summed E-state index contributed by atoms with van der Waals surface area (Å²) >= 11 is 0. The van der Waals surface area contributed by atoms with Crippen molar-refractivity contribution >= 4 is 0 Å². The molecule has 0 bridgehead atoms. The quantitative estimate of drug-likeness (QED) is 0.691. The van der Waals surface area contributed by atoms with Gasteiger partial charge in [-0.15, -0.1) is 0 Å². The Morgan fingerprint density at radius 2 is 1.84 bits per heavy atom. The Morgan fingerprint density at radius 1 is 1.00 bits per heavy atom. The van der Waals surface area contributed by atoms with Crippen molar-refractivity contribution in [2.75, 3.05) is 6.61 Å². The van der Waals surface area contributed by atoms with Gasteiger partial charge in [0.1, 0.15) is 5.82 Å². The fourth-order valence-electron chi connectivity index (χ4n) is 3.47. The molecule has 2 aromatic carbocycles. The number of hydrogen-bond donors (Lipinski definition) is 0. The van der Waals surface area contributed by atoms with Crippen LogP contribution in [0.5, 0.6) is 0 Å². The number of hydrogen-bond acceptors (Lipinski definition) is 1. The van der Waals surface area contributed by atoms with Gasteiger partial charge < -0.3 is 4.74 Å². The molecule has 1 aliphatic carbocycles. The third-order valence-corrected chi connectivity index (χ3v) is 4.34. The van der Waals surface area contributed by atoms with Gasteiger partial charge in [-0.05, 0) is 47.2 Å². The number of benzene rings is 2. The van der Waals surface area contributed by atoms with Gasteiger partial charge in [-0.3, -0.25) is 0 Å². The average molecular weight is 254 g/mol. The molecule has 2 heteroatoms. The molecule has 0 radical (unpaired) electrons. The Kier molecular flexibility index (Phi) is 2.46. The fourth-order valence-corrected chi connectivity index (χ4v) is 3.47. The summed E-state index contributed by atoms with van der Waals surface area (Å²) in [5, 5.41) is 0. The first-order chi connectivity index (χ1) is 9.33. The number of fused-ring (bicyclic) bond motifs is 5. The van der Waals surface area contributed by atoms with E-state index in [1.54, 1.807) is 12.1 Å². The monoisotopic (exact) mass is 254 g/mol. The molecule has 0 aromatic heterocycles. The van der Waals surface area contributed by atoms with Gasteiger partial charge in [0.05, 0.1) is 6.10 Å². The maximum Gasteiger partial charge on any atom is 0.123 e. The van der Waals surface area contributed by atoms with Crippen LogP contribution in [0.1, 0.15) is 40.7 Å². The molecule has 0 spiro atoms. The first-order valence-corrected chi connectivity index (χ1v) is 6.80. The summed E-state index contributed by atoms with van der Waals surface area (Å²) in [4.78, 5) is 0. The first-order valence-electron chi connectivity index (χ1n) is 6.80. The molecule has 1 saturated heterocycles. The molecule has 0 N–H and O–H groups in total. The molecular formula is C17H15FO. The maximum absolute atomic E-state index is 13.6. The summed E-state index contributed by atoms with van der Waals surface area (Å²) in [6.45, 7) is 0.764. The van der Waals surface area contributed by atoms with E-state index >= 15 is 0 Å². The minimum Gasteiger partial charge on any atom is -0.373 e. The lowest BCUT2D eigenvalue weighted by atomic mass is 9.88. The van der Waals surface area contributed by atoms with Crippen LogP contribution >= 0.6 is 0 Å². The summed E-state index contributed by atoms with van der Waals surface area (Å²) in [5.74, 6) is 0.207. The molecule has 1 heterocycles. The van der Waals surface area contributed by atoms with E-state index in [2.05, 4.69) is 24.3 Å². The third kappa shape index (κ3) is 1.71. The van der Waals surface area contributed by atoms with Crippen molar-refractivity contribution in [3.63, 3.8) is 0 Å². The van der Waals surface area contributed by atoms with Crippen molar-refractivity contribution in [1.82, 2.24) is 0 Å². The van der Waals surface area contributed by atoms with Gasteiger partial charge in [0.25, 0.3) is 0 Å². The van der Waals surface area contributed by atoms with E-state index in [0.29, 0.717) is 5.92 Å². The normalized spacial score (nSPS) is 24.3. The zero-order valence-electron chi connectivity index (χ0n) is 10.6. The lowest BCUT2D eigenvalue weighted by Crippen LogP contribution is -2.06. The van der Waals surface area contributed by atoms with Gasteiger partial charge in [-0.1, -0.05) is 30.3 Å². The van der Waals surface area contributed by atoms with Crippen molar-refractivity contribution in [2.24, 2.45) is 0 Å². The van der Waals surface area contributed by atoms with E-state index in [-0.39, 0.29) is 11.9 Å². The molecule has 19 heavy (non-hydrogen) atoms. The van der Waals surface area contributed by atoms with Crippen molar-refractivity contribution < 1.29 is 9.13 Å². The van der Waals surface area contributed by atoms with Crippen molar-refractivity contribution in [2.45, 2.75) is 24.9 Å². The largest absolute Gasteiger partial charge is 0.373 e. The molecule has 0 amide bonds. The van der Waals surface area contributed by atoms with E-state index in [1.807, 2.05) is 6.07 Å². The van der Waals surface area contributed by atoms with Gasteiger partial charge in [-0.2, -0.15) is 0 Å². The molecule has 2 aromatic rings. The Morgan fingerprint density at radius 3 is 2.79 bits per heavy atom. The van der Waals surface area contributed by atoms with E-state index in [9.17, 15) is 4.39 Å². The van der Waals surface area contributed by atoms with E-state index in [4.69, 9.17) is 4.74 Å². The highest BCUT2D eigenvalue weighted by Gasteiger charge is 2.35. The van der Waals surface area contributed by atoms with Crippen LogP contribution in [0.25, 0.3) is 0 Å². The van der Waals surface area contributed by atoms with Crippen LogP contribution in [0.2, 0.25) is 0 Å². The van der Waals surface area contributed by atoms with Crippen molar-refractivity contribution in [3.05, 3.63) is 70.5 Å². The molecule has 1 fully saturated rings. The second-order valence-corrected chi connectivity index (χ2v) is 5.41. The van der Waals surface area contributed by atoms with Gasteiger partial charge in [0.15, 0.2) is 0 Å². The zero-order valence-corrected chi connectivity index (χ0v) is 10.6. The molecule has 0 unspecified atom stereocenters. The van der Waals surface area contributed by atoms with Crippen LogP contribution in [0.3, 0.4) is 0 Å². The Bertz CT molecular complexity index is 635. The minimum absolute atomic E-state index is 0.0225. The fraction of sp³-hybridized carbons (Fsp3) is 0.294. The SMILES string of the molecule is Fc1ccc2c(c1)[C@@H]1OCC[C@H]1c1ccccc1C2. The van der Waals surface area contributed by atoms with Crippen LogP contribution in [0.4, 0.5) is 4.39 Å². The summed E-state index contributed by atoms with van der Waals surface area (Å²) in [7, 11) is 0. The van der Waals surface area contributed by atoms with Gasteiger partial charge in [0.2, 0.25) is 0 Å². The molecule has 1 aliphatic heterocycles. The summed E-state index contributed by atoms with van der Waals surface area (Å²) in [5.41, 5.74) is 4.97. The lowest BCUT2D eigenvalue weighted by molar-refractivity contribution is 0.104. The number of ether oxygens (including phenoxy) is 1. The molecular weight excluding hydrogens is 239 g/mol. The highest BCUT2D eigenvalue weighted by molar-refractivity contribution is 5.45. The summed E-state index contributed by atoms with van der Waals surface area (Å²) in [6.07, 6.45) is 1.93. The highest BCUT2D eigenvalue weighted by atomic mass is 19.1. The Labute approximate surface area is 112 Å². The highest BCUT2D eigenvalue weighted by Crippen LogP contribution is 2.46. The van der Waals surface area contributed by atoms with Crippen LogP contribution < -0.4 is 0 Å². The predicted molar refractivity (Wildman–Crippen MR) is 71.7 cm³/mol. The summed E-state index contributed by atoms with van der Waals surface area (Å²) < 4.78 is 19.5. The Balaban J connectivity index is 1.94. The topological polar surface area (TPSA) is 9.23 Å². The average Bonchev–Trinajstić information content (AvgIpc) is 2.86. The molecule has 0 saturated carbocycles. The maximum atomic E-state index is 13.6. The standard InChI is InChI=1S/C17H15FO/c18-13-6-5-12-9-11-3-1-2-4-14(11)15-7-8-19-17(15)16(12)10-13/h1-6,10,15,17H,7-9H2/t15-,17+/m0/s1. The molecule has 96 valence electrons.